The summed E-state index contributed by atoms with van der Waals surface area (Å²) in [5.41, 5.74) is -0.0845. The van der Waals surface area contributed by atoms with Crippen molar-refractivity contribution < 1.29 is 10.0 Å². The molecule has 4 heteroatoms. The Morgan fingerprint density at radius 3 is 2.53 bits per heavy atom. The first kappa shape index (κ1) is 11.2. The van der Waals surface area contributed by atoms with Gasteiger partial charge in [0, 0.05) is 5.56 Å². The first-order valence-electron chi connectivity index (χ1n) is 4.61. The first-order valence-corrected chi connectivity index (χ1v) is 4.61. The molecule has 2 N–H and O–H groups in total. The molecule has 0 saturated carbocycles. The van der Waals surface area contributed by atoms with Gasteiger partial charge in [-0.1, -0.05) is 23.4 Å². The topological polar surface area (TPSA) is 61.7 Å². The summed E-state index contributed by atoms with van der Waals surface area (Å²) in [4.78, 5) is 11.7. The van der Waals surface area contributed by atoms with Crippen molar-refractivity contribution in [2.45, 2.75) is 19.4 Å². The fourth-order valence-electron chi connectivity index (χ4n) is 1.13. The monoisotopic (exact) mass is 206 g/mol. The van der Waals surface area contributed by atoms with Crippen LogP contribution in [0.3, 0.4) is 0 Å². The zero-order chi connectivity index (χ0) is 11.3. The zero-order valence-corrected chi connectivity index (χ0v) is 8.77. The summed E-state index contributed by atoms with van der Waals surface area (Å²) in [7, 11) is 0. The van der Waals surface area contributed by atoms with Crippen LogP contribution in [-0.4, -0.2) is 22.9 Å². The third-order valence-electron chi connectivity index (χ3n) is 1.85. The summed E-state index contributed by atoms with van der Waals surface area (Å²) in [5.74, 6) is -0.194. The molecule has 1 amide bonds. The number of nitrogens with one attached hydrogen (secondary N) is 1. The molecule has 4 nitrogen and oxygen atoms in total. The van der Waals surface area contributed by atoms with E-state index in [1.165, 1.54) is 6.21 Å². The summed E-state index contributed by atoms with van der Waals surface area (Å²) in [6, 6.07) is 8.88. The van der Waals surface area contributed by atoms with E-state index in [2.05, 4.69) is 10.5 Å². The molecule has 1 rings (SSSR count). The number of hydrogen-bond acceptors (Lipinski definition) is 3. The molecule has 1 aromatic carbocycles. The highest BCUT2D eigenvalue weighted by Gasteiger charge is 2.18. The predicted octanol–water partition coefficient (Wildman–Crippen LogP) is 1.66. The molecule has 0 aliphatic carbocycles. The van der Waals surface area contributed by atoms with E-state index in [-0.39, 0.29) is 5.91 Å². The van der Waals surface area contributed by atoms with Crippen molar-refractivity contribution in [3.05, 3.63) is 35.9 Å². The average molecular weight is 206 g/mol. The number of carbonyl (C=O) groups is 1. The van der Waals surface area contributed by atoms with E-state index < -0.39 is 5.54 Å². The highest BCUT2D eigenvalue weighted by Crippen LogP contribution is 2.03. The number of rotatable bonds is 3. The molecule has 0 aromatic heterocycles. The first-order chi connectivity index (χ1) is 7.05. The lowest BCUT2D eigenvalue weighted by Crippen LogP contribution is -2.44. The molecule has 15 heavy (non-hydrogen) atoms. The Bertz CT molecular complexity index is 358. The number of nitrogens with zero attached hydrogens (tertiary/aromatic N) is 1. The van der Waals surface area contributed by atoms with Gasteiger partial charge in [-0.15, -0.1) is 0 Å². The summed E-state index contributed by atoms with van der Waals surface area (Å²) in [6.07, 6.45) is 1.27. The van der Waals surface area contributed by atoms with E-state index in [0.717, 1.165) is 0 Å². The van der Waals surface area contributed by atoms with Crippen LogP contribution in [0.2, 0.25) is 0 Å². The Labute approximate surface area is 88.6 Å². The second-order valence-corrected chi connectivity index (χ2v) is 3.79. The molecule has 0 unspecified atom stereocenters. The predicted molar refractivity (Wildman–Crippen MR) is 58.3 cm³/mol. The molecule has 0 atom stereocenters. The molecule has 0 spiro atoms. The molecular formula is C11H14N2O2. The third kappa shape index (κ3) is 3.42. The molecule has 80 valence electrons. The van der Waals surface area contributed by atoms with Gasteiger partial charge in [0.15, 0.2) is 0 Å². The van der Waals surface area contributed by atoms with E-state index in [9.17, 15) is 4.79 Å². The van der Waals surface area contributed by atoms with Gasteiger partial charge in [-0.3, -0.25) is 4.79 Å². The van der Waals surface area contributed by atoms with Crippen LogP contribution < -0.4 is 5.32 Å². The van der Waals surface area contributed by atoms with Crippen LogP contribution in [0.4, 0.5) is 0 Å². The number of benzene rings is 1. The van der Waals surface area contributed by atoms with Crippen molar-refractivity contribution in [3.63, 3.8) is 0 Å². The van der Waals surface area contributed by atoms with E-state index >= 15 is 0 Å². The summed E-state index contributed by atoms with van der Waals surface area (Å²) < 4.78 is 0. The average Bonchev–Trinajstić information content (AvgIpc) is 2.18. The van der Waals surface area contributed by atoms with Gasteiger partial charge in [-0.2, -0.15) is 0 Å². The van der Waals surface area contributed by atoms with Crippen LogP contribution in [0.15, 0.2) is 35.5 Å². The molecular weight excluding hydrogens is 192 g/mol. The van der Waals surface area contributed by atoms with Crippen LogP contribution in [-0.2, 0) is 0 Å². The van der Waals surface area contributed by atoms with Crippen LogP contribution >= 0.6 is 0 Å². The Morgan fingerprint density at radius 1 is 1.40 bits per heavy atom. The van der Waals surface area contributed by atoms with Gasteiger partial charge in [0.2, 0.25) is 0 Å². The molecule has 0 aliphatic rings. The van der Waals surface area contributed by atoms with Crippen molar-refractivity contribution in [2.75, 3.05) is 0 Å². The Balaban J connectivity index is 2.72. The van der Waals surface area contributed by atoms with Crippen molar-refractivity contribution in [2.24, 2.45) is 5.16 Å². The lowest BCUT2D eigenvalue weighted by Gasteiger charge is -2.20. The molecule has 0 bridgehead atoms. The third-order valence-corrected chi connectivity index (χ3v) is 1.85. The molecule has 0 fully saturated rings. The number of carbonyl (C=O) groups excluding carboxylic acids is 1. The summed E-state index contributed by atoms with van der Waals surface area (Å²) >= 11 is 0. The summed E-state index contributed by atoms with van der Waals surface area (Å²) in [5, 5.41) is 14.0. The van der Waals surface area contributed by atoms with Crippen molar-refractivity contribution >= 4 is 12.1 Å². The second kappa shape index (κ2) is 4.59. The fraction of sp³-hybridized carbons (Fsp3) is 0.273. The van der Waals surface area contributed by atoms with Crippen molar-refractivity contribution in [1.29, 1.82) is 0 Å². The zero-order valence-electron chi connectivity index (χ0n) is 8.77. The van der Waals surface area contributed by atoms with E-state index in [4.69, 9.17) is 5.21 Å². The second-order valence-electron chi connectivity index (χ2n) is 3.79. The number of hydrogen-bond donors (Lipinski definition) is 2. The Hall–Kier alpha value is -1.84. The van der Waals surface area contributed by atoms with Crippen molar-refractivity contribution in [1.82, 2.24) is 5.32 Å². The fourth-order valence-corrected chi connectivity index (χ4v) is 1.13. The maximum absolute atomic E-state index is 11.7. The van der Waals surface area contributed by atoms with Crippen LogP contribution in [0.25, 0.3) is 0 Å². The summed E-state index contributed by atoms with van der Waals surface area (Å²) in [6.45, 7) is 3.49. The molecule has 0 aliphatic heterocycles. The highest BCUT2D eigenvalue weighted by molar-refractivity contribution is 5.96. The van der Waals surface area contributed by atoms with Crippen LogP contribution in [0.1, 0.15) is 24.2 Å². The van der Waals surface area contributed by atoms with E-state index in [1.807, 2.05) is 6.07 Å². The number of amides is 1. The van der Waals surface area contributed by atoms with Gasteiger partial charge < -0.3 is 10.5 Å². The van der Waals surface area contributed by atoms with Crippen LogP contribution in [0.5, 0.6) is 0 Å². The molecule has 1 aromatic rings. The Morgan fingerprint density at radius 2 is 2.00 bits per heavy atom. The van der Waals surface area contributed by atoms with Gasteiger partial charge in [0.25, 0.3) is 5.91 Å². The normalized spacial score (nSPS) is 11.6. The Kier molecular flexibility index (Phi) is 3.44. The van der Waals surface area contributed by atoms with Gasteiger partial charge in [-0.25, -0.2) is 0 Å². The van der Waals surface area contributed by atoms with E-state index in [1.54, 1.807) is 38.1 Å². The molecule has 0 heterocycles. The SMILES string of the molecule is CC(C)(/C=N\O)NC(=O)c1ccccc1. The molecule has 0 radical (unpaired) electrons. The quantitative estimate of drug-likeness (QED) is 0.449. The lowest BCUT2D eigenvalue weighted by atomic mass is 10.1. The minimum absolute atomic E-state index is 0.194. The van der Waals surface area contributed by atoms with Gasteiger partial charge in [0.05, 0.1) is 11.8 Å². The smallest absolute Gasteiger partial charge is 0.251 e. The lowest BCUT2D eigenvalue weighted by molar-refractivity contribution is 0.0932. The van der Waals surface area contributed by atoms with Gasteiger partial charge in [-0.05, 0) is 26.0 Å². The highest BCUT2D eigenvalue weighted by atomic mass is 16.4. The standard InChI is InChI=1S/C11H14N2O2/c1-11(2,8-12-15)13-10(14)9-6-4-3-5-7-9/h3-8,15H,1-2H3,(H,13,14)/b12-8-. The van der Waals surface area contributed by atoms with Gasteiger partial charge >= 0.3 is 0 Å². The van der Waals surface area contributed by atoms with Gasteiger partial charge in [0.1, 0.15) is 0 Å². The molecule has 0 saturated heterocycles. The van der Waals surface area contributed by atoms with Crippen molar-refractivity contribution in [3.8, 4) is 0 Å². The maximum atomic E-state index is 11.7. The van der Waals surface area contributed by atoms with Crippen LogP contribution in [0, 0.1) is 0 Å². The van der Waals surface area contributed by atoms with E-state index in [0.29, 0.717) is 5.56 Å². The number of oxime groups is 1. The minimum Gasteiger partial charge on any atom is -0.411 e. The largest absolute Gasteiger partial charge is 0.411 e. The minimum atomic E-state index is -0.665. The maximum Gasteiger partial charge on any atom is 0.251 e.